The summed E-state index contributed by atoms with van der Waals surface area (Å²) in [6.07, 6.45) is 6.04. The van der Waals surface area contributed by atoms with E-state index >= 15 is 0 Å². The number of hydrogen-bond acceptors (Lipinski definition) is 3. The molecule has 0 bridgehead atoms. The predicted molar refractivity (Wildman–Crippen MR) is 57.3 cm³/mol. The molecule has 3 N–H and O–H groups in total. The summed E-state index contributed by atoms with van der Waals surface area (Å²) in [5.74, 6) is 0.0375. The Hall–Kier alpha value is -0.610. The quantitative estimate of drug-likeness (QED) is 0.718. The Morgan fingerprint density at radius 3 is 2.67 bits per heavy atom. The molecule has 15 heavy (non-hydrogen) atoms. The van der Waals surface area contributed by atoms with Crippen LogP contribution in [0.5, 0.6) is 0 Å². The number of rotatable bonds is 3. The number of amides is 1. The first-order valence-electron chi connectivity index (χ1n) is 5.77. The number of hydrogen-bond donors (Lipinski definition) is 2. The molecule has 0 aromatic heterocycles. The molecule has 2 aliphatic carbocycles. The molecule has 2 fully saturated rings. The molecule has 4 nitrogen and oxygen atoms in total. The van der Waals surface area contributed by atoms with E-state index in [1.165, 1.54) is 0 Å². The number of nitrogens with one attached hydrogen (secondary N) is 1. The van der Waals surface area contributed by atoms with Crippen LogP contribution in [0.2, 0.25) is 0 Å². The maximum Gasteiger partial charge on any atom is 0.240 e. The van der Waals surface area contributed by atoms with Crippen molar-refractivity contribution in [2.24, 2.45) is 5.73 Å². The zero-order chi connectivity index (χ0) is 10.9. The molecule has 0 aliphatic heterocycles. The lowest BCUT2D eigenvalue weighted by Gasteiger charge is -2.37. The summed E-state index contributed by atoms with van der Waals surface area (Å²) >= 11 is 0. The lowest BCUT2D eigenvalue weighted by Crippen LogP contribution is -2.59. The van der Waals surface area contributed by atoms with Crippen LogP contribution in [0.25, 0.3) is 0 Å². The molecule has 2 rings (SSSR count). The van der Waals surface area contributed by atoms with Gasteiger partial charge in [-0.1, -0.05) is 0 Å². The summed E-state index contributed by atoms with van der Waals surface area (Å²) in [6, 6.07) is 0.267. The number of carbonyl (C=O) groups excluding carboxylic acids is 1. The standard InChI is InChI=1S/C11H20N2O2/c1-15-9-4-3-8(7-9)13-10(14)11(12)5-2-6-11/h8-9H,2-7,12H2,1H3,(H,13,14). The first-order chi connectivity index (χ1) is 7.14. The van der Waals surface area contributed by atoms with E-state index < -0.39 is 5.54 Å². The molecule has 0 aromatic rings. The van der Waals surface area contributed by atoms with Crippen LogP contribution in [-0.2, 0) is 9.53 Å². The van der Waals surface area contributed by atoms with Gasteiger partial charge in [0.05, 0.1) is 11.6 Å². The third-order valence-corrected chi connectivity index (χ3v) is 3.75. The number of carbonyl (C=O) groups is 1. The van der Waals surface area contributed by atoms with Crippen LogP contribution < -0.4 is 11.1 Å². The first kappa shape index (κ1) is 10.9. The van der Waals surface area contributed by atoms with Gasteiger partial charge in [-0.05, 0) is 38.5 Å². The van der Waals surface area contributed by atoms with Crippen molar-refractivity contribution < 1.29 is 9.53 Å². The van der Waals surface area contributed by atoms with Gasteiger partial charge in [0.25, 0.3) is 0 Å². The second-order valence-corrected chi connectivity index (χ2v) is 4.85. The predicted octanol–water partition coefficient (Wildman–Crippen LogP) is 0.551. The van der Waals surface area contributed by atoms with Gasteiger partial charge in [0.2, 0.25) is 5.91 Å². The highest BCUT2D eigenvalue weighted by atomic mass is 16.5. The van der Waals surface area contributed by atoms with Crippen molar-refractivity contribution in [2.45, 2.75) is 56.2 Å². The van der Waals surface area contributed by atoms with Crippen molar-refractivity contribution in [1.29, 1.82) is 0 Å². The summed E-state index contributed by atoms with van der Waals surface area (Å²) < 4.78 is 5.27. The molecule has 2 saturated carbocycles. The molecule has 1 amide bonds. The van der Waals surface area contributed by atoms with Crippen molar-refractivity contribution in [2.75, 3.05) is 7.11 Å². The second-order valence-electron chi connectivity index (χ2n) is 4.85. The van der Waals surface area contributed by atoms with E-state index in [2.05, 4.69) is 5.32 Å². The molecular formula is C11H20N2O2. The Morgan fingerprint density at radius 2 is 2.20 bits per heavy atom. The highest BCUT2D eigenvalue weighted by Crippen LogP contribution is 2.30. The largest absolute Gasteiger partial charge is 0.381 e. The Morgan fingerprint density at radius 1 is 1.47 bits per heavy atom. The summed E-state index contributed by atoms with van der Waals surface area (Å²) in [5, 5.41) is 3.04. The van der Waals surface area contributed by atoms with E-state index in [1.807, 2.05) is 0 Å². The summed E-state index contributed by atoms with van der Waals surface area (Å²) in [5.41, 5.74) is 5.38. The number of methoxy groups -OCH3 is 1. The Labute approximate surface area is 90.5 Å². The third kappa shape index (κ3) is 2.16. The first-order valence-corrected chi connectivity index (χ1v) is 5.77. The van der Waals surface area contributed by atoms with Crippen LogP contribution in [0.3, 0.4) is 0 Å². The van der Waals surface area contributed by atoms with Crippen LogP contribution in [0.15, 0.2) is 0 Å². The minimum Gasteiger partial charge on any atom is -0.381 e. The van der Waals surface area contributed by atoms with Crippen molar-refractivity contribution in [3.05, 3.63) is 0 Å². The molecule has 0 heterocycles. The van der Waals surface area contributed by atoms with E-state index in [4.69, 9.17) is 10.5 Å². The second kappa shape index (κ2) is 4.10. The molecule has 2 unspecified atom stereocenters. The van der Waals surface area contributed by atoms with E-state index in [0.717, 1.165) is 38.5 Å². The molecule has 2 aliphatic rings. The van der Waals surface area contributed by atoms with Gasteiger partial charge in [0, 0.05) is 13.2 Å². The SMILES string of the molecule is COC1CCC(NC(=O)C2(N)CCC2)C1. The van der Waals surface area contributed by atoms with Crippen molar-refractivity contribution in [1.82, 2.24) is 5.32 Å². The van der Waals surface area contributed by atoms with Crippen LogP contribution in [0, 0.1) is 0 Å². The lowest BCUT2D eigenvalue weighted by atomic mass is 9.77. The average molecular weight is 212 g/mol. The van der Waals surface area contributed by atoms with E-state index in [9.17, 15) is 4.79 Å². The molecular weight excluding hydrogens is 192 g/mol. The Bertz CT molecular complexity index is 251. The maximum atomic E-state index is 11.8. The average Bonchev–Trinajstić information content (AvgIpc) is 2.61. The fourth-order valence-electron chi connectivity index (χ4n) is 2.40. The fraction of sp³-hybridized carbons (Fsp3) is 0.909. The van der Waals surface area contributed by atoms with Crippen molar-refractivity contribution in [3.8, 4) is 0 Å². The summed E-state index contributed by atoms with van der Waals surface area (Å²) in [6.45, 7) is 0. The van der Waals surface area contributed by atoms with Crippen molar-refractivity contribution >= 4 is 5.91 Å². The monoisotopic (exact) mass is 212 g/mol. The van der Waals surface area contributed by atoms with Gasteiger partial charge < -0.3 is 15.8 Å². The van der Waals surface area contributed by atoms with E-state index in [1.54, 1.807) is 7.11 Å². The zero-order valence-corrected chi connectivity index (χ0v) is 9.29. The number of nitrogens with two attached hydrogens (primary N) is 1. The molecule has 0 saturated heterocycles. The van der Waals surface area contributed by atoms with Crippen LogP contribution in [-0.4, -0.2) is 30.7 Å². The summed E-state index contributed by atoms with van der Waals surface area (Å²) in [7, 11) is 1.73. The maximum absolute atomic E-state index is 11.8. The van der Waals surface area contributed by atoms with Gasteiger partial charge in [0.15, 0.2) is 0 Å². The minimum atomic E-state index is -0.564. The van der Waals surface area contributed by atoms with Gasteiger partial charge in [-0.3, -0.25) is 4.79 Å². The Kier molecular flexibility index (Phi) is 2.98. The van der Waals surface area contributed by atoms with Gasteiger partial charge >= 0.3 is 0 Å². The van der Waals surface area contributed by atoms with Crippen LogP contribution >= 0.6 is 0 Å². The Balaban J connectivity index is 1.80. The van der Waals surface area contributed by atoms with Gasteiger partial charge in [0.1, 0.15) is 0 Å². The molecule has 86 valence electrons. The highest BCUT2D eigenvalue weighted by Gasteiger charge is 2.41. The fourth-order valence-corrected chi connectivity index (χ4v) is 2.40. The third-order valence-electron chi connectivity index (χ3n) is 3.75. The van der Waals surface area contributed by atoms with Gasteiger partial charge in [-0.15, -0.1) is 0 Å². The topological polar surface area (TPSA) is 64.3 Å². The minimum absolute atomic E-state index is 0.0375. The molecule has 0 aromatic carbocycles. The smallest absolute Gasteiger partial charge is 0.240 e. The van der Waals surface area contributed by atoms with Gasteiger partial charge in [-0.2, -0.15) is 0 Å². The zero-order valence-electron chi connectivity index (χ0n) is 9.29. The molecule has 0 spiro atoms. The molecule has 4 heteroatoms. The van der Waals surface area contributed by atoms with Gasteiger partial charge in [-0.25, -0.2) is 0 Å². The molecule has 2 atom stereocenters. The van der Waals surface area contributed by atoms with E-state index in [0.29, 0.717) is 6.10 Å². The highest BCUT2D eigenvalue weighted by molar-refractivity contribution is 5.87. The number of ether oxygens (including phenoxy) is 1. The van der Waals surface area contributed by atoms with Crippen molar-refractivity contribution in [3.63, 3.8) is 0 Å². The lowest BCUT2D eigenvalue weighted by molar-refractivity contribution is -0.130. The summed E-state index contributed by atoms with van der Waals surface area (Å²) in [4.78, 5) is 11.8. The van der Waals surface area contributed by atoms with Crippen LogP contribution in [0.4, 0.5) is 0 Å². The normalized spacial score (nSPS) is 33.5. The molecule has 0 radical (unpaired) electrons. The van der Waals surface area contributed by atoms with E-state index in [-0.39, 0.29) is 11.9 Å². The van der Waals surface area contributed by atoms with Crippen LogP contribution in [0.1, 0.15) is 38.5 Å².